The molecule has 32 heavy (non-hydrogen) atoms. The lowest BCUT2D eigenvalue weighted by atomic mass is 9.90. The lowest BCUT2D eigenvalue weighted by molar-refractivity contribution is 0.355. The molecule has 1 aliphatic rings. The van der Waals surface area contributed by atoms with Crippen molar-refractivity contribution in [2.75, 3.05) is 32.2 Å². The average Bonchev–Trinajstić information content (AvgIpc) is 3.29. The van der Waals surface area contributed by atoms with E-state index in [1.807, 2.05) is 35.1 Å². The molecule has 6 heteroatoms. The highest BCUT2D eigenvalue weighted by atomic mass is 16.5. The van der Waals surface area contributed by atoms with Crippen molar-refractivity contribution in [2.24, 2.45) is 5.92 Å². The van der Waals surface area contributed by atoms with Crippen molar-refractivity contribution in [3.63, 3.8) is 0 Å². The van der Waals surface area contributed by atoms with Gasteiger partial charge >= 0.3 is 0 Å². The zero-order valence-electron chi connectivity index (χ0n) is 18.6. The van der Waals surface area contributed by atoms with Crippen LogP contribution >= 0.6 is 0 Å². The Hall–Kier alpha value is -3.54. The van der Waals surface area contributed by atoms with Crippen LogP contribution in [0.2, 0.25) is 0 Å². The maximum atomic E-state index is 5.46. The SMILES string of the molecule is COc1ccc(-c2cc3c(N4CCC(Cc5ccccc5)CC4)nccn3n2)cc1OC. The Morgan fingerprint density at radius 2 is 1.72 bits per heavy atom. The summed E-state index contributed by atoms with van der Waals surface area (Å²) in [7, 11) is 3.29. The molecule has 5 rings (SSSR count). The number of hydrogen-bond donors (Lipinski definition) is 0. The number of anilines is 1. The maximum absolute atomic E-state index is 5.46. The molecule has 4 aromatic rings. The Kier molecular flexibility index (Phi) is 5.67. The van der Waals surface area contributed by atoms with Crippen LogP contribution in [0.15, 0.2) is 67.0 Å². The third-order valence-electron chi connectivity index (χ3n) is 6.33. The first-order valence-electron chi connectivity index (χ1n) is 11.1. The van der Waals surface area contributed by atoms with E-state index in [4.69, 9.17) is 19.6 Å². The zero-order valence-corrected chi connectivity index (χ0v) is 18.6. The van der Waals surface area contributed by atoms with E-state index < -0.39 is 0 Å². The fourth-order valence-corrected chi connectivity index (χ4v) is 4.58. The first-order valence-corrected chi connectivity index (χ1v) is 11.1. The van der Waals surface area contributed by atoms with Crippen LogP contribution in [0.3, 0.4) is 0 Å². The van der Waals surface area contributed by atoms with Crippen molar-refractivity contribution in [1.82, 2.24) is 14.6 Å². The standard InChI is InChI=1S/C26H28N4O2/c1-31-24-9-8-21(17-25(24)32-2)22-18-23-26(27-12-15-30(23)28-22)29-13-10-20(11-14-29)16-19-6-4-3-5-7-19/h3-9,12,15,17-18,20H,10-11,13-14,16H2,1-2H3. The first kappa shape index (κ1) is 20.4. The summed E-state index contributed by atoms with van der Waals surface area (Å²) in [5.74, 6) is 3.13. The summed E-state index contributed by atoms with van der Waals surface area (Å²) in [5.41, 5.74) is 4.33. The van der Waals surface area contributed by atoms with E-state index in [0.29, 0.717) is 11.5 Å². The van der Waals surface area contributed by atoms with Gasteiger partial charge in [0.15, 0.2) is 17.3 Å². The quantitative estimate of drug-likeness (QED) is 0.438. The number of rotatable bonds is 6. The fraction of sp³-hybridized carbons (Fsp3) is 0.308. The minimum atomic E-state index is 0.695. The van der Waals surface area contributed by atoms with Crippen molar-refractivity contribution in [3.8, 4) is 22.8 Å². The number of hydrogen-bond acceptors (Lipinski definition) is 5. The van der Waals surface area contributed by atoms with Crippen molar-refractivity contribution in [3.05, 3.63) is 72.6 Å². The van der Waals surface area contributed by atoms with E-state index in [-0.39, 0.29) is 0 Å². The van der Waals surface area contributed by atoms with Gasteiger partial charge in [-0.3, -0.25) is 0 Å². The molecule has 6 nitrogen and oxygen atoms in total. The third kappa shape index (κ3) is 4.00. The summed E-state index contributed by atoms with van der Waals surface area (Å²) in [6.07, 6.45) is 7.25. The van der Waals surface area contributed by atoms with Crippen LogP contribution in [0.5, 0.6) is 11.5 Å². The second kappa shape index (κ2) is 8.91. The van der Waals surface area contributed by atoms with Crippen LogP contribution in [0.1, 0.15) is 18.4 Å². The third-order valence-corrected chi connectivity index (χ3v) is 6.33. The topological polar surface area (TPSA) is 51.9 Å². The van der Waals surface area contributed by atoms with Crippen LogP contribution in [0.4, 0.5) is 5.82 Å². The van der Waals surface area contributed by atoms with Crippen LogP contribution in [-0.4, -0.2) is 41.9 Å². The molecule has 3 heterocycles. The van der Waals surface area contributed by atoms with Gasteiger partial charge in [0.05, 0.1) is 19.9 Å². The normalized spacial score (nSPS) is 14.6. The van der Waals surface area contributed by atoms with Gasteiger partial charge < -0.3 is 14.4 Å². The Morgan fingerprint density at radius 3 is 2.47 bits per heavy atom. The Labute approximate surface area is 188 Å². The van der Waals surface area contributed by atoms with Gasteiger partial charge in [0.25, 0.3) is 0 Å². The van der Waals surface area contributed by atoms with Gasteiger partial charge in [-0.1, -0.05) is 30.3 Å². The zero-order chi connectivity index (χ0) is 21.9. The van der Waals surface area contributed by atoms with Crippen LogP contribution in [0.25, 0.3) is 16.8 Å². The minimum absolute atomic E-state index is 0.695. The Morgan fingerprint density at radius 1 is 0.938 bits per heavy atom. The summed E-state index contributed by atoms with van der Waals surface area (Å²) >= 11 is 0. The summed E-state index contributed by atoms with van der Waals surface area (Å²) < 4.78 is 12.7. The molecule has 0 radical (unpaired) electrons. The van der Waals surface area contributed by atoms with E-state index in [1.165, 1.54) is 18.4 Å². The molecule has 164 valence electrons. The second-order valence-electron chi connectivity index (χ2n) is 8.30. The van der Waals surface area contributed by atoms with Crippen LogP contribution < -0.4 is 14.4 Å². The van der Waals surface area contributed by atoms with Crippen molar-refractivity contribution >= 4 is 11.3 Å². The minimum Gasteiger partial charge on any atom is -0.493 e. The van der Waals surface area contributed by atoms with E-state index in [0.717, 1.165) is 48.0 Å². The van der Waals surface area contributed by atoms with Gasteiger partial charge in [0.1, 0.15) is 5.52 Å². The number of aromatic nitrogens is 3. The largest absolute Gasteiger partial charge is 0.493 e. The highest BCUT2D eigenvalue weighted by Crippen LogP contribution is 2.34. The molecule has 0 unspecified atom stereocenters. The molecule has 0 N–H and O–H groups in total. The Bertz CT molecular complexity index is 1200. The predicted molar refractivity (Wildman–Crippen MR) is 127 cm³/mol. The highest BCUT2D eigenvalue weighted by Gasteiger charge is 2.23. The number of methoxy groups -OCH3 is 2. The lowest BCUT2D eigenvalue weighted by Gasteiger charge is -2.33. The molecule has 1 fully saturated rings. The molecule has 2 aromatic heterocycles. The summed E-state index contributed by atoms with van der Waals surface area (Å²) in [5, 5.41) is 4.79. The molecule has 0 atom stereocenters. The molecule has 2 aromatic carbocycles. The molecule has 1 saturated heterocycles. The Balaban J connectivity index is 1.36. The van der Waals surface area contributed by atoms with Crippen molar-refractivity contribution in [2.45, 2.75) is 19.3 Å². The van der Waals surface area contributed by atoms with Gasteiger partial charge in [0, 0.05) is 31.0 Å². The molecule has 0 aliphatic carbocycles. The second-order valence-corrected chi connectivity index (χ2v) is 8.30. The van der Waals surface area contributed by atoms with E-state index in [2.05, 4.69) is 41.3 Å². The van der Waals surface area contributed by atoms with E-state index >= 15 is 0 Å². The average molecular weight is 429 g/mol. The summed E-state index contributed by atoms with van der Waals surface area (Å²) in [4.78, 5) is 7.13. The molecular formula is C26H28N4O2. The number of ether oxygens (including phenoxy) is 2. The van der Waals surface area contributed by atoms with E-state index in [1.54, 1.807) is 14.2 Å². The molecule has 0 amide bonds. The molecule has 0 saturated carbocycles. The predicted octanol–water partition coefficient (Wildman–Crippen LogP) is 4.87. The van der Waals surface area contributed by atoms with Crippen LogP contribution in [-0.2, 0) is 6.42 Å². The number of nitrogens with zero attached hydrogens (tertiary/aromatic N) is 4. The van der Waals surface area contributed by atoms with Gasteiger partial charge in [-0.25, -0.2) is 9.50 Å². The first-order chi connectivity index (χ1) is 15.7. The monoisotopic (exact) mass is 428 g/mol. The fourth-order valence-electron chi connectivity index (χ4n) is 4.58. The van der Waals surface area contributed by atoms with Gasteiger partial charge in [0.2, 0.25) is 0 Å². The summed E-state index contributed by atoms with van der Waals surface area (Å²) in [6.45, 7) is 2.03. The van der Waals surface area contributed by atoms with Gasteiger partial charge in [-0.05, 0) is 55.0 Å². The van der Waals surface area contributed by atoms with Gasteiger partial charge in [-0.15, -0.1) is 0 Å². The highest BCUT2D eigenvalue weighted by molar-refractivity contribution is 5.76. The number of piperidine rings is 1. The molecule has 0 spiro atoms. The lowest BCUT2D eigenvalue weighted by Crippen LogP contribution is -2.35. The van der Waals surface area contributed by atoms with Crippen LogP contribution in [0, 0.1) is 5.92 Å². The summed E-state index contributed by atoms with van der Waals surface area (Å²) in [6, 6.07) is 18.8. The molecule has 0 bridgehead atoms. The molecular weight excluding hydrogens is 400 g/mol. The van der Waals surface area contributed by atoms with Crippen molar-refractivity contribution in [1.29, 1.82) is 0 Å². The molecule has 1 aliphatic heterocycles. The van der Waals surface area contributed by atoms with Gasteiger partial charge in [-0.2, -0.15) is 5.10 Å². The maximum Gasteiger partial charge on any atom is 0.161 e. The number of fused-ring (bicyclic) bond motifs is 1. The smallest absolute Gasteiger partial charge is 0.161 e. The van der Waals surface area contributed by atoms with Crippen molar-refractivity contribution < 1.29 is 9.47 Å². The van der Waals surface area contributed by atoms with E-state index in [9.17, 15) is 0 Å². The number of benzene rings is 2.